The van der Waals surface area contributed by atoms with Crippen molar-refractivity contribution in [3.8, 4) is 11.3 Å². The van der Waals surface area contributed by atoms with E-state index in [-0.39, 0.29) is 5.82 Å². The van der Waals surface area contributed by atoms with E-state index in [9.17, 15) is 9.50 Å². The van der Waals surface area contributed by atoms with Crippen LogP contribution in [0.1, 0.15) is 30.2 Å². The van der Waals surface area contributed by atoms with Crippen LogP contribution in [0, 0.1) is 5.82 Å². The van der Waals surface area contributed by atoms with Gasteiger partial charge in [-0.2, -0.15) is 0 Å². The van der Waals surface area contributed by atoms with E-state index in [2.05, 4.69) is 28.5 Å². The van der Waals surface area contributed by atoms with E-state index in [0.717, 1.165) is 55.2 Å². The monoisotopic (exact) mass is 315 g/mol. The van der Waals surface area contributed by atoms with Crippen molar-refractivity contribution in [1.29, 1.82) is 0 Å². The highest BCUT2D eigenvalue weighted by atomic mass is 19.1. The molecular weight excluding hydrogens is 293 g/mol. The average Bonchev–Trinajstić information content (AvgIpc) is 2.82. The second kappa shape index (κ2) is 5.35. The molecule has 1 atom stereocenters. The zero-order valence-electron chi connectivity index (χ0n) is 13.6. The van der Waals surface area contributed by atoms with Crippen molar-refractivity contribution in [2.24, 2.45) is 0 Å². The van der Waals surface area contributed by atoms with Crippen LogP contribution in [0.25, 0.3) is 11.3 Å². The molecule has 0 spiro atoms. The Balaban J connectivity index is 2.00. The van der Waals surface area contributed by atoms with Crippen molar-refractivity contribution < 1.29 is 9.50 Å². The minimum Gasteiger partial charge on any atom is -0.387 e. The van der Waals surface area contributed by atoms with Gasteiger partial charge in [-0.3, -0.25) is 4.90 Å². The molecule has 4 rings (SSSR count). The van der Waals surface area contributed by atoms with Gasteiger partial charge < -0.3 is 14.6 Å². The zero-order valence-corrected chi connectivity index (χ0v) is 13.6. The lowest BCUT2D eigenvalue weighted by molar-refractivity contribution is 0.139. The Labute approximate surface area is 135 Å². The lowest BCUT2D eigenvalue weighted by Gasteiger charge is -2.34. The summed E-state index contributed by atoms with van der Waals surface area (Å²) in [7, 11) is 4.15. The van der Waals surface area contributed by atoms with Gasteiger partial charge in [-0.05, 0) is 32.0 Å². The Kier molecular flexibility index (Phi) is 3.43. The number of hydrogen-bond acceptors (Lipinski definition) is 3. The maximum Gasteiger partial charge on any atom is 0.123 e. The molecule has 23 heavy (non-hydrogen) atoms. The number of aromatic nitrogens is 1. The molecule has 0 radical (unpaired) electrons. The summed E-state index contributed by atoms with van der Waals surface area (Å²) in [4.78, 5) is 4.44. The molecule has 0 fully saturated rings. The molecule has 0 bridgehead atoms. The minimum absolute atomic E-state index is 0.222. The van der Waals surface area contributed by atoms with Crippen LogP contribution in [-0.4, -0.2) is 35.3 Å². The van der Waals surface area contributed by atoms with Gasteiger partial charge in [0, 0.05) is 31.3 Å². The third-order valence-corrected chi connectivity index (χ3v) is 4.91. The van der Waals surface area contributed by atoms with Crippen LogP contribution in [0.4, 0.5) is 10.1 Å². The Morgan fingerprint density at radius 1 is 1.26 bits per heavy atom. The second-order valence-corrected chi connectivity index (χ2v) is 6.73. The normalized spacial score (nSPS) is 21.2. The van der Waals surface area contributed by atoms with Gasteiger partial charge >= 0.3 is 0 Å². The predicted octanol–water partition coefficient (Wildman–Crippen LogP) is 2.96. The molecule has 0 amide bonds. The molecular formula is C18H22FN3O. The summed E-state index contributed by atoms with van der Waals surface area (Å²) in [5.74, 6) is -0.222. The smallest absolute Gasteiger partial charge is 0.123 e. The first-order valence-corrected chi connectivity index (χ1v) is 8.15. The van der Waals surface area contributed by atoms with Gasteiger partial charge in [-0.15, -0.1) is 0 Å². The number of rotatable bonds is 1. The third-order valence-electron chi connectivity index (χ3n) is 4.91. The highest BCUT2D eigenvalue weighted by Gasteiger charge is 2.34. The maximum absolute atomic E-state index is 13.8. The molecule has 2 aromatic rings. The fourth-order valence-electron chi connectivity index (χ4n) is 4.12. The van der Waals surface area contributed by atoms with E-state index < -0.39 is 6.10 Å². The number of aliphatic hydroxyl groups excluding tert-OH is 1. The molecule has 0 aliphatic carbocycles. The Bertz CT molecular complexity index is 755. The van der Waals surface area contributed by atoms with E-state index >= 15 is 0 Å². The first kappa shape index (κ1) is 14.7. The summed E-state index contributed by atoms with van der Waals surface area (Å²) in [6, 6.07) is 6.79. The highest BCUT2D eigenvalue weighted by molar-refractivity contribution is 5.77. The molecule has 1 aromatic heterocycles. The van der Waals surface area contributed by atoms with Gasteiger partial charge in [0.15, 0.2) is 0 Å². The summed E-state index contributed by atoms with van der Waals surface area (Å²) in [6.07, 6.45) is 1.30. The number of aliphatic hydroxyl groups is 1. The van der Waals surface area contributed by atoms with Crippen molar-refractivity contribution in [1.82, 2.24) is 9.47 Å². The fraction of sp³-hybridized carbons (Fsp3) is 0.444. The Morgan fingerprint density at radius 2 is 2.09 bits per heavy atom. The van der Waals surface area contributed by atoms with E-state index in [0.29, 0.717) is 0 Å². The maximum atomic E-state index is 13.8. The number of anilines is 1. The molecule has 3 heterocycles. The van der Waals surface area contributed by atoms with Crippen molar-refractivity contribution in [2.75, 3.05) is 25.7 Å². The molecule has 4 nitrogen and oxygen atoms in total. The fourth-order valence-corrected chi connectivity index (χ4v) is 4.12. The molecule has 1 aromatic carbocycles. The topological polar surface area (TPSA) is 31.6 Å². The summed E-state index contributed by atoms with van der Waals surface area (Å²) in [6.45, 7) is 2.53. The van der Waals surface area contributed by atoms with Gasteiger partial charge in [0.25, 0.3) is 0 Å². The molecule has 0 saturated heterocycles. The summed E-state index contributed by atoms with van der Waals surface area (Å²) >= 11 is 0. The van der Waals surface area contributed by atoms with Crippen LogP contribution in [0.15, 0.2) is 24.3 Å². The summed E-state index contributed by atoms with van der Waals surface area (Å²) in [5, 5.41) is 10.6. The van der Waals surface area contributed by atoms with Crippen molar-refractivity contribution in [3.63, 3.8) is 0 Å². The van der Waals surface area contributed by atoms with Gasteiger partial charge in [0.2, 0.25) is 0 Å². The summed E-state index contributed by atoms with van der Waals surface area (Å²) in [5.41, 5.74) is 5.29. The van der Waals surface area contributed by atoms with Crippen molar-refractivity contribution >= 4 is 5.69 Å². The van der Waals surface area contributed by atoms with E-state index in [1.807, 2.05) is 6.07 Å². The first-order valence-electron chi connectivity index (χ1n) is 8.15. The van der Waals surface area contributed by atoms with Crippen LogP contribution < -0.4 is 4.90 Å². The van der Waals surface area contributed by atoms with Crippen LogP contribution in [0.2, 0.25) is 0 Å². The minimum atomic E-state index is -0.439. The SMILES string of the molecule is CN1Cc2c(c3n(c2-c2cccc(F)c2)CCCC3O)N(C)C1. The predicted molar refractivity (Wildman–Crippen MR) is 88.8 cm³/mol. The van der Waals surface area contributed by atoms with E-state index in [1.165, 1.54) is 11.6 Å². The third kappa shape index (κ3) is 2.26. The van der Waals surface area contributed by atoms with Crippen LogP contribution in [0.3, 0.4) is 0 Å². The molecule has 5 heteroatoms. The zero-order chi connectivity index (χ0) is 16.1. The summed E-state index contributed by atoms with van der Waals surface area (Å²) < 4.78 is 16.0. The molecule has 2 aliphatic rings. The first-order chi connectivity index (χ1) is 11.1. The van der Waals surface area contributed by atoms with Gasteiger partial charge in [-0.1, -0.05) is 12.1 Å². The average molecular weight is 315 g/mol. The van der Waals surface area contributed by atoms with Crippen LogP contribution in [-0.2, 0) is 13.1 Å². The molecule has 122 valence electrons. The number of benzene rings is 1. The van der Waals surface area contributed by atoms with Gasteiger partial charge in [0.05, 0.1) is 29.8 Å². The molecule has 2 aliphatic heterocycles. The quantitative estimate of drug-likeness (QED) is 0.878. The standard InChI is InChI=1S/C18H22FN3O/c1-20-10-14-16(12-5-3-6-13(19)9-12)22-8-4-7-15(23)18(22)17(14)21(2)11-20/h3,5-6,9,15,23H,4,7-8,10-11H2,1-2H3. The largest absolute Gasteiger partial charge is 0.387 e. The lowest BCUT2D eigenvalue weighted by atomic mass is 10.0. The van der Waals surface area contributed by atoms with Crippen LogP contribution >= 0.6 is 0 Å². The number of halogens is 1. The molecule has 0 saturated carbocycles. The number of nitrogens with zero attached hydrogens (tertiary/aromatic N) is 3. The van der Waals surface area contributed by atoms with Crippen molar-refractivity contribution in [3.05, 3.63) is 41.3 Å². The van der Waals surface area contributed by atoms with E-state index in [1.54, 1.807) is 12.1 Å². The second-order valence-electron chi connectivity index (χ2n) is 6.73. The van der Waals surface area contributed by atoms with Crippen LogP contribution in [0.5, 0.6) is 0 Å². The molecule has 1 N–H and O–H groups in total. The number of hydrogen-bond donors (Lipinski definition) is 1. The van der Waals surface area contributed by atoms with Gasteiger partial charge in [0.1, 0.15) is 5.82 Å². The number of fused-ring (bicyclic) bond motifs is 3. The lowest BCUT2D eigenvalue weighted by Crippen LogP contribution is -2.37. The Morgan fingerprint density at radius 3 is 2.87 bits per heavy atom. The molecule has 1 unspecified atom stereocenters. The van der Waals surface area contributed by atoms with E-state index in [4.69, 9.17) is 0 Å². The van der Waals surface area contributed by atoms with Gasteiger partial charge in [-0.25, -0.2) is 4.39 Å². The Hall–Kier alpha value is -1.85. The van der Waals surface area contributed by atoms with Crippen molar-refractivity contribution in [2.45, 2.75) is 32.0 Å². The highest BCUT2D eigenvalue weighted by Crippen LogP contribution is 2.45.